The van der Waals surface area contributed by atoms with Crippen molar-refractivity contribution in [2.45, 2.75) is 20.8 Å². The lowest BCUT2D eigenvalue weighted by atomic mass is 10.1. The summed E-state index contributed by atoms with van der Waals surface area (Å²) >= 11 is 0. The minimum Gasteiger partial charge on any atom is -0.462 e. The maximum absolute atomic E-state index is 11.5. The van der Waals surface area contributed by atoms with Crippen molar-refractivity contribution in [3.8, 4) is 0 Å². The van der Waals surface area contributed by atoms with Crippen molar-refractivity contribution in [3.63, 3.8) is 0 Å². The summed E-state index contributed by atoms with van der Waals surface area (Å²) in [4.78, 5) is 23.1. The molecule has 0 atom stereocenters. The van der Waals surface area contributed by atoms with Crippen molar-refractivity contribution >= 4 is 11.9 Å². The third-order valence-electron chi connectivity index (χ3n) is 1.92. The Morgan fingerprint density at radius 3 is 1.63 bits per heavy atom. The van der Waals surface area contributed by atoms with Gasteiger partial charge in [0.2, 0.25) is 0 Å². The fraction of sp³-hybridized carbons (Fsp3) is 0.333. The normalized spacial score (nSPS) is 8.79. The van der Waals surface area contributed by atoms with E-state index in [0.29, 0.717) is 0 Å². The molecule has 104 valence electrons. The lowest BCUT2D eigenvalue weighted by molar-refractivity contribution is 0.0479. The Kier molecular flexibility index (Phi) is 8.79. The molecule has 0 amide bonds. The Hall–Kier alpha value is -2.10. The molecule has 1 aromatic carbocycles. The van der Waals surface area contributed by atoms with E-state index in [1.165, 1.54) is 0 Å². The van der Waals surface area contributed by atoms with Gasteiger partial charge in [-0.05, 0) is 32.9 Å². The molecular weight excluding hydrogens is 244 g/mol. The first-order valence-electron chi connectivity index (χ1n) is 6.12. The Balaban J connectivity index is 0.000000982. The van der Waals surface area contributed by atoms with Crippen molar-refractivity contribution in [1.29, 1.82) is 0 Å². The largest absolute Gasteiger partial charge is 0.462 e. The fourth-order valence-electron chi connectivity index (χ4n) is 1.26. The molecule has 0 heterocycles. The summed E-state index contributed by atoms with van der Waals surface area (Å²) in [6.45, 7) is 9.22. The van der Waals surface area contributed by atoms with E-state index in [1.54, 1.807) is 44.2 Å². The molecule has 0 aliphatic heterocycles. The molecule has 1 rings (SSSR count). The molecule has 0 unspecified atom stereocenters. The number of rotatable bonds is 4. The molecule has 0 radical (unpaired) electrons. The lowest BCUT2D eigenvalue weighted by Crippen LogP contribution is -2.13. The Morgan fingerprint density at radius 1 is 1.05 bits per heavy atom. The molecule has 0 saturated carbocycles. The highest BCUT2D eigenvalue weighted by molar-refractivity contribution is 6.03. The number of benzene rings is 1. The molecule has 0 spiro atoms. The molecule has 0 N–H and O–H groups in total. The number of carbonyl (C=O) groups is 2. The van der Waals surface area contributed by atoms with Crippen molar-refractivity contribution < 1.29 is 19.1 Å². The second-order valence-corrected chi connectivity index (χ2v) is 3.39. The van der Waals surface area contributed by atoms with Crippen LogP contribution in [0.1, 0.15) is 41.5 Å². The van der Waals surface area contributed by atoms with Gasteiger partial charge in [-0.3, -0.25) is 0 Å². The fourth-order valence-corrected chi connectivity index (χ4v) is 1.26. The molecule has 0 saturated heterocycles. The monoisotopic (exact) mass is 264 g/mol. The van der Waals surface area contributed by atoms with E-state index in [1.807, 2.05) is 6.92 Å². The summed E-state index contributed by atoms with van der Waals surface area (Å²) in [5.41, 5.74) is 0.477. The van der Waals surface area contributed by atoms with Crippen LogP contribution in [0.25, 0.3) is 0 Å². The highest BCUT2D eigenvalue weighted by Gasteiger charge is 2.17. The van der Waals surface area contributed by atoms with Gasteiger partial charge in [-0.15, -0.1) is 6.58 Å². The molecular formula is C15H20O4. The summed E-state index contributed by atoms with van der Waals surface area (Å²) in [6.07, 6.45) is 1.75. The Labute approximate surface area is 114 Å². The molecule has 4 heteroatoms. The van der Waals surface area contributed by atoms with Crippen LogP contribution in [0.4, 0.5) is 0 Å². The molecule has 19 heavy (non-hydrogen) atoms. The number of carbonyl (C=O) groups excluding carboxylic acids is 2. The molecule has 0 fully saturated rings. The van der Waals surface area contributed by atoms with Gasteiger partial charge in [0.25, 0.3) is 0 Å². The van der Waals surface area contributed by atoms with E-state index in [4.69, 9.17) is 9.47 Å². The van der Waals surface area contributed by atoms with E-state index < -0.39 is 11.9 Å². The van der Waals surface area contributed by atoms with Crippen molar-refractivity contribution in [2.75, 3.05) is 13.2 Å². The van der Waals surface area contributed by atoms with Crippen LogP contribution in [0.15, 0.2) is 36.9 Å². The van der Waals surface area contributed by atoms with Gasteiger partial charge >= 0.3 is 11.9 Å². The molecule has 0 bridgehead atoms. The predicted molar refractivity (Wildman–Crippen MR) is 74.2 cm³/mol. The van der Waals surface area contributed by atoms with Gasteiger partial charge in [0.05, 0.1) is 24.3 Å². The van der Waals surface area contributed by atoms with Crippen LogP contribution in [0.5, 0.6) is 0 Å². The molecule has 0 aliphatic carbocycles. The quantitative estimate of drug-likeness (QED) is 0.619. The van der Waals surface area contributed by atoms with Crippen LogP contribution >= 0.6 is 0 Å². The average molecular weight is 264 g/mol. The van der Waals surface area contributed by atoms with E-state index >= 15 is 0 Å². The summed E-state index contributed by atoms with van der Waals surface area (Å²) < 4.78 is 9.70. The zero-order valence-electron chi connectivity index (χ0n) is 11.6. The molecule has 0 aromatic heterocycles. The summed E-state index contributed by atoms with van der Waals surface area (Å²) in [6, 6.07) is 6.44. The van der Waals surface area contributed by atoms with Crippen LogP contribution in [0.3, 0.4) is 0 Å². The smallest absolute Gasteiger partial charge is 0.338 e. The van der Waals surface area contributed by atoms with Gasteiger partial charge in [0.1, 0.15) is 0 Å². The maximum atomic E-state index is 11.5. The predicted octanol–water partition coefficient (Wildman–Crippen LogP) is 3.23. The van der Waals surface area contributed by atoms with Crippen molar-refractivity contribution in [1.82, 2.24) is 0 Å². The minimum atomic E-state index is -0.508. The summed E-state index contributed by atoms with van der Waals surface area (Å²) in [7, 11) is 0. The average Bonchev–Trinajstić information content (AvgIpc) is 2.40. The Morgan fingerprint density at radius 2 is 1.37 bits per heavy atom. The van der Waals surface area contributed by atoms with Crippen LogP contribution < -0.4 is 0 Å². The van der Waals surface area contributed by atoms with E-state index in [2.05, 4.69) is 6.58 Å². The van der Waals surface area contributed by atoms with Crippen molar-refractivity contribution in [3.05, 3.63) is 48.0 Å². The van der Waals surface area contributed by atoms with Gasteiger partial charge in [-0.2, -0.15) is 0 Å². The number of allylic oxidation sites excluding steroid dienone is 1. The lowest BCUT2D eigenvalue weighted by Gasteiger charge is -2.07. The third-order valence-corrected chi connectivity index (χ3v) is 1.92. The van der Waals surface area contributed by atoms with Gasteiger partial charge in [0, 0.05) is 0 Å². The van der Waals surface area contributed by atoms with Crippen LogP contribution in [0.2, 0.25) is 0 Å². The summed E-state index contributed by atoms with van der Waals surface area (Å²) in [5, 5.41) is 0. The number of ether oxygens (including phenoxy) is 2. The van der Waals surface area contributed by atoms with Crippen molar-refractivity contribution in [2.24, 2.45) is 0 Å². The van der Waals surface area contributed by atoms with Gasteiger partial charge in [0.15, 0.2) is 0 Å². The van der Waals surface area contributed by atoms with Gasteiger partial charge in [-0.25, -0.2) is 9.59 Å². The Bertz CT molecular complexity index is 387. The highest BCUT2D eigenvalue weighted by Crippen LogP contribution is 2.11. The summed E-state index contributed by atoms with van der Waals surface area (Å²) in [5.74, 6) is -1.02. The van der Waals surface area contributed by atoms with Crippen LogP contribution in [-0.2, 0) is 9.47 Å². The maximum Gasteiger partial charge on any atom is 0.338 e. The van der Waals surface area contributed by atoms with Crippen LogP contribution in [0, 0.1) is 0 Å². The zero-order chi connectivity index (χ0) is 14.7. The van der Waals surface area contributed by atoms with E-state index in [-0.39, 0.29) is 24.3 Å². The van der Waals surface area contributed by atoms with E-state index in [0.717, 1.165) is 0 Å². The first kappa shape index (κ1) is 16.9. The number of hydrogen-bond donors (Lipinski definition) is 0. The second kappa shape index (κ2) is 9.88. The minimum absolute atomic E-state index is 0.239. The molecule has 0 aliphatic rings. The van der Waals surface area contributed by atoms with Gasteiger partial charge < -0.3 is 9.47 Å². The highest BCUT2D eigenvalue weighted by atomic mass is 16.5. The second-order valence-electron chi connectivity index (χ2n) is 3.39. The first-order valence-corrected chi connectivity index (χ1v) is 6.12. The van der Waals surface area contributed by atoms with E-state index in [9.17, 15) is 9.59 Å². The third kappa shape index (κ3) is 5.86. The van der Waals surface area contributed by atoms with Gasteiger partial charge in [-0.1, -0.05) is 18.2 Å². The molecule has 1 aromatic rings. The SMILES string of the molecule is C=CC.CCOC(=O)c1ccccc1C(=O)OCC. The standard InChI is InChI=1S/C12H14O4.C3H6/c1-3-15-11(13)9-7-5-6-8-10(9)12(14)16-4-2;1-3-2/h5-8H,3-4H2,1-2H3;3H,1H2,2H3. The number of hydrogen-bond acceptors (Lipinski definition) is 4. The van der Waals surface area contributed by atoms with Crippen LogP contribution in [-0.4, -0.2) is 25.2 Å². The zero-order valence-corrected chi connectivity index (χ0v) is 11.6. The number of esters is 2. The molecule has 4 nitrogen and oxygen atoms in total. The topological polar surface area (TPSA) is 52.6 Å². The first-order chi connectivity index (χ1) is 9.12.